The highest BCUT2D eigenvalue weighted by atomic mass is 16.4. The third-order valence-electron chi connectivity index (χ3n) is 3.28. The molecule has 1 aliphatic heterocycles. The standard InChI is InChI=1S/C12H14N4O2/c1-8-3-2-6-16(10(8)12(17)18)11-9(7-13)4-5-14-15-11/h4-5,8,10H,2-3,6H2,1H3,(H,17,18). The number of hydrogen-bond donors (Lipinski definition) is 1. The summed E-state index contributed by atoms with van der Waals surface area (Å²) in [6, 6.07) is 2.95. The lowest BCUT2D eigenvalue weighted by Gasteiger charge is -2.37. The van der Waals surface area contributed by atoms with Crippen LogP contribution < -0.4 is 4.90 Å². The molecular weight excluding hydrogens is 232 g/mol. The topological polar surface area (TPSA) is 90.1 Å². The molecule has 0 aliphatic carbocycles. The predicted molar refractivity (Wildman–Crippen MR) is 63.9 cm³/mol. The Bertz CT molecular complexity index is 497. The summed E-state index contributed by atoms with van der Waals surface area (Å²) in [5.74, 6) is -0.472. The fourth-order valence-electron chi connectivity index (χ4n) is 2.43. The van der Waals surface area contributed by atoms with Crippen LogP contribution in [0.4, 0.5) is 5.82 Å². The molecule has 0 radical (unpaired) electrons. The number of hydrogen-bond acceptors (Lipinski definition) is 5. The lowest BCUT2D eigenvalue weighted by molar-refractivity contribution is -0.140. The van der Waals surface area contributed by atoms with E-state index in [-0.39, 0.29) is 5.92 Å². The number of anilines is 1. The van der Waals surface area contributed by atoms with Gasteiger partial charge in [0.2, 0.25) is 0 Å². The third-order valence-corrected chi connectivity index (χ3v) is 3.28. The van der Waals surface area contributed by atoms with E-state index < -0.39 is 12.0 Å². The largest absolute Gasteiger partial charge is 0.480 e. The normalized spacial score (nSPS) is 23.4. The fraction of sp³-hybridized carbons (Fsp3) is 0.500. The summed E-state index contributed by atoms with van der Waals surface area (Å²) in [5, 5.41) is 26.1. The van der Waals surface area contributed by atoms with Crippen molar-refractivity contribution in [3.8, 4) is 6.07 Å². The van der Waals surface area contributed by atoms with Gasteiger partial charge in [0.15, 0.2) is 5.82 Å². The predicted octanol–water partition coefficient (Wildman–Crippen LogP) is 1.04. The number of aliphatic carboxylic acids is 1. The molecule has 1 aromatic heterocycles. The molecule has 2 unspecified atom stereocenters. The quantitative estimate of drug-likeness (QED) is 0.838. The maximum atomic E-state index is 11.4. The highest BCUT2D eigenvalue weighted by Crippen LogP contribution is 2.29. The Kier molecular flexibility index (Phi) is 3.42. The number of nitrogens with zero attached hydrogens (tertiary/aromatic N) is 4. The number of carbonyl (C=O) groups is 1. The molecule has 94 valence electrons. The van der Waals surface area contributed by atoms with Gasteiger partial charge in [-0.05, 0) is 24.8 Å². The molecule has 0 aromatic carbocycles. The van der Waals surface area contributed by atoms with Crippen LogP contribution in [0.1, 0.15) is 25.3 Å². The second-order valence-electron chi connectivity index (χ2n) is 4.48. The van der Waals surface area contributed by atoms with E-state index in [1.807, 2.05) is 13.0 Å². The number of carboxylic acids is 1. The number of piperidine rings is 1. The highest BCUT2D eigenvalue weighted by Gasteiger charge is 2.36. The van der Waals surface area contributed by atoms with Crippen molar-refractivity contribution < 1.29 is 9.90 Å². The van der Waals surface area contributed by atoms with Gasteiger partial charge in [0.1, 0.15) is 12.1 Å². The highest BCUT2D eigenvalue weighted by molar-refractivity contribution is 5.79. The van der Waals surface area contributed by atoms with Gasteiger partial charge in [-0.15, -0.1) is 5.10 Å². The van der Waals surface area contributed by atoms with Crippen LogP contribution in [0.5, 0.6) is 0 Å². The van der Waals surface area contributed by atoms with Crippen molar-refractivity contribution in [2.24, 2.45) is 5.92 Å². The first-order valence-electron chi connectivity index (χ1n) is 5.86. The van der Waals surface area contributed by atoms with Gasteiger partial charge in [-0.3, -0.25) is 0 Å². The van der Waals surface area contributed by atoms with Crippen molar-refractivity contribution in [3.05, 3.63) is 17.8 Å². The fourth-order valence-corrected chi connectivity index (χ4v) is 2.43. The lowest BCUT2D eigenvalue weighted by atomic mass is 9.90. The second-order valence-corrected chi connectivity index (χ2v) is 4.48. The number of aromatic nitrogens is 2. The molecular formula is C12H14N4O2. The van der Waals surface area contributed by atoms with Gasteiger partial charge in [0.05, 0.1) is 11.8 Å². The zero-order valence-electron chi connectivity index (χ0n) is 10.1. The van der Waals surface area contributed by atoms with E-state index in [1.54, 1.807) is 11.0 Å². The first-order chi connectivity index (χ1) is 8.65. The van der Waals surface area contributed by atoms with Crippen LogP contribution in [0.15, 0.2) is 12.3 Å². The van der Waals surface area contributed by atoms with Gasteiger partial charge in [-0.1, -0.05) is 6.92 Å². The van der Waals surface area contributed by atoms with Crippen LogP contribution in [0.25, 0.3) is 0 Å². The Labute approximate surface area is 105 Å². The van der Waals surface area contributed by atoms with Gasteiger partial charge in [-0.25, -0.2) is 4.79 Å². The minimum absolute atomic E-state index is 0.0322. The molecule has 1 aliphatic rings. The summed E-state index contributed by atoms with van der Waals surface area (Å²) in [6.07, 6.45) is 3.20. The van der Waals surface area contributed by atoms with E-state index in [4.69, 9.17) is 5.26 Å². The maximum Gasteiger partial charge on any atom is 0.326 e. The van der Waals surface area contributed by atoms with E-state index in [0.29, 0.717) is 17.9 Å². The van der Waals surface area contributed by atoms with Gasteiger partial charge in [0.25, 0.3) is 0 Å². The summed E-state index contributed by atoms with van der Waals surface area (Å²) >= 11 is 0. The molecule has 2 atom stereocenters. The minimum atomic E-state index is -0.878. The monoisotopic (exact) mass is 246 g/mol. The Morgan fingerprint density at radius 2 is 2.44 bits per heavy atom. The maximum absolute atomic E-state index is 11.4. The first kappa shape index (κ1) is 12.3. The third kappa shape index (κ3) is 2.12. The summed E-state index contributed by atoms with van der Waals surface area (Å²) in [7, 11) is 0. The average Bonchev–Trinajstić information content (AvgIpc) is 2.38. The van der Waals surface area contributed by atoms with Crippen molar-refractivity contribution in [3.63, 3.8) is 0 Å². The SMILES string of the molecule is CC1CCCN(c2nnccc2C#N)C1C(=O)O. The molecule has 0 spiro atoms. The molecule has 18 heavy (non-hydrogen) atoms. The van der Waals surface area contributed by atoms with E-state index in [2.05, 4.69) is 10.2 Å². The lowest BCUT2D eigenvalue weighted by Crippen LogP contribution is -2.50. The van der Waals surface area contributed by atoms with Crippen molar-refractivity contribution in [2.45, 2.75) is 25.8 Å². The van der Waals surface area contributed by atoms with E-state index in [1.165, 1.54) is 6.20 Å². The molecule has 2 rings (SSSR count). The summed E-state index contributed by atoms with van der Waals surface area (Å²) < 4.78 is 0. The van der Waals surface area contributed by atoms with Crippen LogP contribution in [-0.4, -0.2) is 33.9 Å². The van der Waals surface area contributed by atoms with E-state index >= 15 is 0 Å². The smallest absolute Gasteiger partial charge is 0.326 e. The Morgan fingerprint density at radius 3 is 3.11 bits per heavy atom. The van der Waals surface area contributed by atoms with Crippen molar-refractivity contribution in [1.29, 1.82) is 5.26 Å². The number of nitriles is 1. The molecule has 1 N–H and O–H groups in total. The van der Waals surface area contributed by atoms with E-state index in [0.717, 1.165) is 12.8 Å². The molecule has 6 heteroatoms. The van der Waals surface area contributed by atoms with Crippen molar-refractivity contribution in [2.75, 3.05) is 11.4 Å². The van der Waals surface area contributed by atoms with Crippen LogP contribution >= 0.6 is 0 Å². The van der Waals surface area contributed by atoms with Crippen molar-refractivity contribution >= 4 is 11.8 Å². The Balaban J connectivity index is 2.41. The summed E-state index contributed by atoms with van der Waals surface area (Å²) in [4.78, 5) is 13.1. The number of carboxylic acid groups (broad SMARTS) is 1. The minimum Gasteiger partial charge on any atom is -0.480 e. The Morgan fingerprint density at radius 1 is 1.67 bits per heavy atom. The molecule has 0 bridgehead atoms. The Hall–Kier alpha value is -2.16. The zero-order valence-corrected chi connectivity index (χ0v) is 10.1. The van der Waals surface area contributed by atoms with Crippen LogP contribution in [0, 0.1) is 17.2 Å². The summed E-state index contributed by atoms with van der Waals surface area (Å²) in [6.45, 7) is 2.50. The van der Waals surface area contributed by atoms with Gasteiger partial charge >= 0.3 is 5.97 Å². The van der Waals surface area contributed by atoms with Gasteiger partial charge in [0, 0.05) is 6.54 Å². The zero-order chi connectivity index (χ0) is 13.1. The second kappa shape index (κ2) is 5.00. The molecule has 2 heterocycles. The van der Waals surface area contributed by atoms with Gasteiger partial charge < -0.3 is 10.0 Å². The van der Waals surface area contributed by atoms with Crippen molar-refractivity contribution in [1.82, 2.24) is 10.2 Å². The van der Waals surface area contributed by atoms with Crippen LogP contribution in [0.3, 0.4) is 0 Å². The van der Waals surface area contributed by atoms with E-state index in [9.17, 15) is 9.90 Å². The molecule has 1 saturated heterocycles. The molecule has 6 nitrogen and oxygen atoms in total. The molecule has 1 aromatic rings. The molecule has 0 amide bonds. The number of rotatable bonds is 2. The van der Waals surface area contributed by atoms with Crippen LogP contribution in [-0.2, 0) is 4.79 Å². The van der Waals surface area contributed by atoms with Gasteiger partial charge in [-0.2, -0.15) is 10.4 Å². The summed E-state index contributed by atoms with van der Waals surface area (Å²) in [5.41, 5.74) is 0.366. The first-order valence-corrected chi connectivity index (χ1v) is 5.86. The molecule has 0 saturated carbocycles. The van der Waals surface area contributed by atoms with Crippen LogP contribution in [0.2, 0.25) is 0 Å². The molecule has 1 fully saturated rings. The average molecular weight is 246 g/mol.